The zero-order chi connectivity index (χ0) is 22.5. The van der Waals surface area contributed by atoms with Crippen LogP contribution in [0.1, 0.15) is 24.2 Å². The summed E-state index contributed by atoms with van der Waals surface area (Å²) in [6.45, 7) is 4.77. The summed E-state index contributed by atoms with van der Waals surface area (Å²) < 4.78 is 49.9. The van der Waals surface area contributed by atoms with Gasteiger partial charge in [0.1, 0.15) is 16.1 Å². The molecule has 1 aromatic heterocycles. The van der Waals surface area contributed by atoms with Crippen molar-refractivity contribution in [1.29, 1.82) is 0 Å². The van der Waals surface area contributed by atoms with Gasteiger partial charge in [-0.3, -0.25) is 14.5 Å². The lowest BCUT2D eigenvalue weighted by Crippen LogP contribution is -2.46. The summed E-state index contributed by atoms with van der Waals surface area (Å²) in [5.74, 6) is -0.805. The third-order valence-corrected chi connectivity index (χ3v) is 7.60. The first-order chi connectivity index (χ1) is 14.6. The fourth-order valence-electron chi connectivity index (χ4n) is 4.25. The van der Waals surface area contributed by atoms with Crippen molar-refractivity contribution >= 4 is 55.5 Å². The van der Waals surface area contributed by atoms with Crippen LogP contribution in [0.2, 0.25) is 0 Å². The molecule has 0 unspecified atom stereocenters. The average Bonchev–Trinajstić information content (AvgIpc) is 3.22. The lowest BCUT2D eigenvalue weighted by molar-refractivity contribution is -0.00543. The molecule has 2 aliphatic heterocycles. The fourth-order valence-corrected chi connectivity index (χ4v) is 6.85. The number of amides is 1. The van der Waals surface area contributed by atoms with Crippen molar-refractivity contribution in [3.8, 4) is 0 Å². The molecule has 31 heavy (non-hydrogen) atoms. The highest BCUT2D eigenvalue weighted by atomic mass is 32.2. The van der Waals surface area contributed by atoms with Crippen molar-refractivity contribution < 1.29 is 31.6 Å². The van der Waals surface area contributed by atoms with Crippen LogP contribution in [0.25, 0.3) is 11.0 Å². The second kappa shape index (κ2) is 8.10. The van der Waals surface area contributed by atoms with Gasteiger partial charge in [-0.2, -0.15) is 0 Å². The van der Waals surface area contributed by atoms with Crippen molar-refractivity contribution in [2.75, 3.05) is 41.4 Å². The summed E-state index contributed by atoms with van der Waals surface area (Å²) >= 11 is 0.929. The normalized spacial score (nSPS) is 24.9. The summed E-state index contributed by atoms with van der Waals surface area (Å²) in [5, 5.41) is -0.477. The van der Waals surface area contributed by atoms with Gasteiger partial charge in [-0.1, -0.05) is 11.8 Å². The maximum absolute atomic E-state index is 15.5. The Morgan fingerprint density at radius 2 is 1.94 bits per heavy atom. The first-order valence-corrected chi connectivity index (χ1v) is 12.8. The van der Waals surface area contributed by atoms with Gasteiger partial charge in [-0.05, 0) is 19.9 Å². The number of nitrogens with zero attached hydrogens (tertiary/aromatic N) is 2. The van der Waals surface area contributed by atoms with Gasteiger partial charge in [0, 0.05) is 42.1 Å². The minimum absolute atomic E-state index is 0.0493. The maximum atomic E-state index is 15.5. The van der Waals surface area contributed by atoms with Crippen LogP contribution in [0.15, 0.2) is 16.7 Å². The first kappa shape index (κ1) is 22.1. The van der Waals surface area contributed by atoms with Crippen LogP contribution >= 0.6 is 11.8 Å². The van der Waals surface area contributed by atoms with Gasteiger partial charge >= 0.3 is 0 Å². The van der Waals surface area contributed by atoms with Gasteiger partial charge in [0.05, 0.1) is 29.3 Å². The summed E-state index contributed by atoms with van der Waals surface area (Å²) in [5.41, 5.74) is 0.580. The van der Waals surface area contributed by atoms with Crippen molar-refractivity contribution in [1.82, 2.24) is 0 Å². The highest BCUT2D eigenvalue weighted by molar-refractivity contribution is 8.15. The molecule has 168 valence electrons. The number of benzene rings is 1. The molecule has 2 saturated heterocycles. The van der Waals surface area contributed by atoms with Crippen LogP contribution < -0.4 is 9.80 Å². The van der Waals surface area contributed by atoms with E-state index in [-0.39, 0.29) is 46.6 Å². The summed E-state index contributed by atoms with van der Waals surface area (Å²) in [6.07, 6.45) is 2.73. The summed E-state index contributed by atoms with van der Waals surface area (Å²) in [6, 6.07) is 1.52. The van der Waals surface area contributed by atoms with E-state index >= 15 is 4.39 Å². The zero-order valence-corrected chi connectivity index (χ0v) is 19.0. The van der Waals surface area contributed by atoms with Crippen molar-refractivity contribution in [2.45, 2.75) is 31.3 Å². The van der Waals surface area contributed by atoms with Crippen LogP contribution in [-0.2, 0) is 14.6 Å². The molecule has 3 atom stereocenters. The second-order valence-corrected chi connectivity index (χ2v) is 11.6. The average molecular weight is 471 g/mol. The summed E-state index contributed by atoms with van der Waals surface area (Å²) in [4.78, 5) is 27.5. The Bertz CT molecular complexity index is 1140. The molecule has 0 radical (unpaired) electrons. The second-order valence-electron chi connectivity index (χ2n) is 8.11. The lowest BCUT2D eigenvalue weighted by atomic mass is 10.1. The molecule has 2 fully saturated rings. The number of sulfone groups is 1. The van der Waals surface area contributed by atoms with Crippen molar-refractivity contribution in [3.05, 3.63) is 23.7 Å². The number of hydrogen-bond donors (Lipinski definition) is 0. The standard InChI is InChI=1S/C20H23FN2O6S2/c1-11-5-22(6-12(2)29-11)18-13(8-24)4-15-16(9-28-19(15)17(18)21)23-7-14(30-20(23)25)10-31(3,26)27/h4,8-9,11-12,14H,5-7,10H2,1-3H3/t11-,12-,14-/m1/s1. The van der Waals surface area contributed by atoms with Gasteiger partial charge < -0.3 is 14.1 Å². The highest BCUT2D eigenvalue weighted by Crippen LogP contribution is 2.41. The largest absolute Gasteiger partial charge is 0.459 e. The fraction of sp³-hybridized carbons (Fsp3) is 0.500. The van der Waals surface area contributed by atoms with Crippen LogP contribution in [0.3, 0.4) is 0 Å². The van der Waals surface area contributed by atoms with E-state index in [1.807, 2.05) is 13.8 Å². The number of morpholine rings is 1. The minimum Gasteiger partial charge on any atom is -0.459 e. The predicted octanol–water partition coefficient (Wildman–Crippen LogP) is 3.08. The van der Waals surface area contributed by atoms with Crippen molar-refractivity contribution in [3.63, 3.8) is 0 Å². The number of anilines is 2. The molecule has 4 rings (SSSR count). The van der Waals surface area contributed by atoms with E-state index in [1.165, 1.54) is 17.2 Å². The minimum atomic E-state index is -3.26. The van der Waals surface area contributed by atoms with E-state index in [0.29, 0.717) is 30.4 Å². The molecule has 0 N–H and O–H groups in total. The molecule has 0 aliphatic carbocycles. The summed E-state index contributed by atoms with van der Waals surface area (Å²) in [7, 11) is -3.26. The number of ether oxygens (including phenoxy) is 1. The molecule has 0 spiro atoms. The molecule has 1 aromatic carbocycles. The Kier molecular flexibility index (Phi) is 5.78. The molecule has 0 saturated carbocycles. The van der Waals surface area contributed by atoms with E-state index in [0.717, 1.165) is 18.0 Å². The Morgan fingerprint density at radius 3 is 2.55 bits per heavy atom. The van der Waals surface area contributed by atoms with Gasteiger partial charge in [0.15, 0.2) is 17.7 Å². The molecular weight excluding hydrogens is 447 g/mol. The number of aldehydes is 1. The zero-order valence-electron chi connectivity index (χ0n) is 17.3. The van der Waals surface area contributed by atoms with E-state index < -0.39 is 20.9 Å². The first-order valence-electron chi connectivity index (χ1n) is 9.82. The van der Waals surface area contributed by atoms with Crippen LogP contribution in [0.4, 0.5) is 20.6 Å². The number of halogens is 1. The number of thioether (sulfide) groups is 1. The number of furan rings is 1. The Morgan fingerprint density at radius 1 is 1.26 bits per heavy atom. The van der Waals surface area contributed by atoms with Crippen molar-refractivity contribution in [2.24, 2.45) is 0 Å². The number of carbonyl (C=O) groups is 2. The quantitative estimate of drug-likeness (QED) is 0.615. The molecule has 1 amide bonds. The van der Waals surface area contributed by atoms with Crippen LogP contribution in [0, 0.1) is 5.82 Å². The number of fused-ring (bicyclic) bond motifs is 1. The third kappa shape index (κ3) is 4.31. The number of carbonyl (C=O) groups excluding carboxylic acids is 2. The van der Waals surface area contributed by atoms with E-state index in [9.17, 15) is 18.0 Å². The lowest BCUT2D eigenvalue weighted by Gasteiger charge is -2.37. The predicted molar refractivity (Wildman–Crippen MR) is 118 cm³/mol. The Hall–Kier alpha value is -2.11. The highest BCUT2D eigenvalue weighted by Gasteiger charge is 2.36. The van der Waals surface area contributed by atoms with Gasteiger partial charge in [0.2, 0.25) is 0 Å². The van der Waals surface area contributed by atoms with Crippen LogP contribution in [0.5, 0.6) is 0 Å². The Balaban J connectivity index is 1.73. The third-order valence-electron chi connectivity index (χ3n) is 5.31. The number of hydrogen-bond acceptors (Lipinski definition) is 8. The molecule has 2 aromatic rings. The van der Waals surface area contributed by atoms with Crippen LogP contribution in [-0.4, -0.2) is 69.0 Å². The molecule has 3 heterocycles. The van der Waals surface area contributed by atoms with E-state index in [4.69, 9.17) is 9.15 Å². The molecule has 11 heteroatoms. The maximum Gasteiger partial charge on any atom is 0.286 e. The smallest absolute Gasteiger partial charge is 0.286 e. The SMILES string of the molecule is C[C@@H]1CN(c2c(C=O)cc3c(N4C[C@H](CS(C)(=O)=O)SC4=O)coc3c2F)C[C@@H](C)O1. The van der Waals surface area contributed by atoms with Gasteiger partial charge in [-0.25, -0.2) is 12.8 Å². The molecule has 8 nitrogen and oxygen atoms in total. The van der Waals surface area contributed by atoms with E-state index in [1.54, 1.807) is 4.90 Å². The Labute approximate surface area is 183 Å². The number of rotatable bonds is 5. The van der Waals surface area contributed by atoms with Gasteiger partial charge in [-0.15, -0.1) is 0 Å². The van der Waals surface area contributed by atoms with Gasteiger partial charge in [0.25, 0.3) is 5.24 Å². The topological polar surface area (TPSA) is 97.1 Å². The molecule has 0 bridgehead atoms. The monoisotopic (exact) mass is 470 g/mol. The molecule has 2 aliphatic rings. The molecular formula is C20H23FN2O6S2. The van der Waals surface area contributed by atoms with E-state index in [2.05, 4.69) is 0 Å².